The topological polar surface area (TPSA) is 84.5 Å². The Morgan fingerprint density at radius 1 is 1.17 bits per heavy atom. The zero-order valence-corrected chi connectivity index (χ0v) is 14.5. The summed E-state index contributed by atoms with van der Waals surface area (Å²) >= 11 is 5.78. The molecule has 128 valence electrons. The van der Waals surface area contributed by atoms with Gasteiger partial charge in [0.1, 0.15) is 5.75 Å². The van der Waals surface area contributed by atoms with Crippen LogP contribution in [0.4, 0.5) is 5.69 Å². The van der Waals surface area contributed by atoms with E-state index in [0.29, 0.717) is 16.5 Å². The third-order valence-electron chi connectivity index (χ3n) is 3.12. The van der Waals surface area contributed by atoms with Crippen LogP contribution in [0, 0.1) is 0 Å². The van der Waals surface area contributed by atoms with Crippen LogP contribution < -0.4 is 14.8 Å². The van der Waals surface area contributed by atoms with Crippen molar-refractivity contribution in [3.05, 3.63) is 53.6 Å². The molecule has 0 fully saturated rings. The van der Waals surface area contributed by atoms with Gasteiger partial charge in [-0.25, -0.2) is 13.1 Å². The molecule has 24 heavy (non-hydrogen) atoms. The molecule has 0 aliphatic heterocycles. The number of carbonyl (C=O) groups excluding carboxylic acids is 1. The Bertz CT molecular complexity index is 807. The minimum absolute atomic E-state index is 0.00578. The molecule has 2 aromatic rings. The van der Waals surface area contributed by atoms with Gasteiger partial charge in [-0.15, -0.1) is 0 Å². The van der Waals surface area contributed by atoms with E-state index in [1.54, 1.807) is 43.5 Å². The zero-order valence-electron chi connectivity index (χ0n) is 13.0. The van der Waals surface area contributed by atoms with E-state index in [1.165, 1.54) is 12.1 Å². The summed E-state index contributed by atoms with van der Waals surface area (Å²) in [5.74, 6) is 0.385. The van der Waals surface area contributed by atoms with Gasteiger partial charge in [0.2, 0.25) is 15.9 Å². The van der Waals surface area contributed by atoms with Crippen LogP contribution in [0.15, 0.2) is 53.4 Å². The Labute approximate surface area is 145 Å². The van der Waals surface area contributed by atoms with Crippen LogP contribution in [0.5, 0.6) is 5.75 Å². The first-order valence-electron chi connectivity index (χ1n) is 7.10. The Hall–Kier alpha value is -2.09. The monoisotopic (exact) mass is 368 g/mol. The van der Waals surface area contributed by atoms with Crippen LogP contribution in [0.25, 0.3) is 0 Å². The molecule has 6 nitrogen and oxygen atoms in total. The van der Waals surface area contributed by atoms with Crippen molar-refractivity contribution in [2.45, 2.75) is 11.3 Å². The molecule has 2 aromatic carbocycles. The molecular formula is C16H17ClN2O4S. The highest BCUT2D eigenvalue weighted by Gasteiger charge is 2.14. The van der Waals surface area contributed by atoms with Crippen molar-refractivity contribution < 1.29 is 17.9 Å². The minimum Gasteiger partial charge on any atom is -0.497 e. The molecule has 2 N–H and O–H groups in total. The van der Waals surface area contributed by atoms with Gasteiger partial charge in [0.15, 0.2) is 0 Å². The number of hydrogen-bond acceptors (Lipinski definition) is 4. The molecular weight excluding hydrogens is 352 g/mol. The van der Waals surface area contributed by atoms with Gasteiger partial charge in [-0.05, 0) is 42.5 Å². The number of rotatable bonds is 7. The summed E-state index contributed by atoms with van der Waals surface area (Å²) < 4.78 is 31.6. The van der Waals surface area contributed by atoms with Gasteiger partial charge in [0, 0.05) is 23.7 Å². The summed E-state index contributed by atoms with van der Waals surface area (Å²) in [6.07, 6.45) is 0.00578. The lowest BCUT2D eigenvalue weighted by atomic mass is 10.3. The maximum absolute atomic E-state index is 12.1. The van der Waals surface area contributed by atoms with Gasteiger partial charge in [0.25, 0.3) is 0 Å². The first-order valence-corrected chi connectivity index (χ1v) is 8.96. The van der Waals surface area contributed by atoms with E-state index >= 15 is 0 Å². The van der Waals surface area contributed by atoms with E-state index in [2.05, 4.69) is 10.0 Å². The molecule has 0 atom stereocenters. The number of anilines is 1. The second-order valence-electron chi connectivity index (χ2n) is 4.88. The molecule has 0 aliphatic carbocycles. The quantitative estimate of drug-likeness (QED) is 0.786. The van der Waals surface area contributed by atoms with Crippen molar-refractivity contribution in [2.24, 2.45) is 0 Å². The molecule has 0 spiro atoms. The summed E-state index contributed by atoms with van der Waals surface area (Å²) in [5, 5.41) is 3.01. The third-order valence-corrected chi connectivity index (χ3v) is 4.82. The highest BCUT2D eigenvalue weighted by Crippen LogP contribution is 2.16. The Morgan fingerprint density at radius 3 is 2.50 bits per heavy atom. The number of halogens is 1. The van der Waals surface area contributed by atoms with Crippen molar-refractivity contribution in [3.8, 4) is 5.75 Å². The molecule has 0 bridgehead atoms. The maximum atomic E-state index is 12.1. The fourth-order valence-electron chi connectivity index (χ4n) is 1.91. The first kappa shape index (κ1) is 18.3. The fraction of sp³-hybridized carbons (Fsp3) is 0.188. The van der Waals surface area contributed by atoms with E-state index in [9.17, 15) is 13.2 Å². The van der Waals surface area contributed by atoms with E-state index < -0.39 is 10.0 Å². The van der Waals surface area contributed by atoms with Crippen LogP contribution >= 0.6 is 11.6 Å². The van der Waals surface area contributed by atoms with Crippen molar-refractivity contribution >= 4 is 33.2 Å². The molecule has 0 saturated carbocycles. The highest BCUT2D eigenvalue weighted by atomic mass is 35.5. The number of benzene rings is 2. The number of ether oxygens (including phenoxy) is 1. The Kier molecular flexibility index (Phi) is 6.19. The van der Waals surface area contributed by atoms with Crippen LogP contribution in [0.2, 0.25) is 5.02 Å². The standard InChI is InChI=1S/C16H17ClN2O4S/c1-23-14-7-5-13(6-8-14)19-16(20)9-10-18-24(21,22)15-4-2-3-12(17)11-15/h2-8,11,18H,9-10H2,1H3,(H,19,20). The summed E-state index contributed by atoms with van der Waals surface area (Å²) in [6.45, 7) is -0.0170. The van der Waals surface area contributed by atoms with E-state index in [0.717, 1.165) is 0 Å². The van der Waals surface area contributed by atoms with Crippen LogP contribution in [-0.4, -0.2) is 28.0 Å². The van der Waals surface area contributed by atoms with Gasteiger partial charge < -0.3 is 10.1 Å². The smallest absolute Gasteiger partial charge is 0.240 e. The molecule has 0 heterocycles. The lowest BCUT2D eigenvalue weighted by molar-refractivity contribution is -0.116. The molecule has 8 heteroatoms. The molecule has 0 radical (unpaired) electrons. The van der Waals surface area contributed by atoms with E-state index in [4.69, 9.17) is 16.3 Å². The number of methoxy groups -OCH3 is 1. The highest BCUT2D eigenvalue weighted by molar-refractivity contribution is 7.89. The number of hydrogen-bond donors (Lipinski definition) is 2. The van der Waals surface area contributed by atoms with E-state index in [1.807, 2.05) is 0 Å². The summed E-state index contributed by atoms with van der Waals surface area (Å²) in [7, 11) is -2.14. The van der Waals surface area contributed by atoms with Crippen molar-refractivity contribution in [3.63, 3.8) is 0 Å². The van der Waals surface area contributed by atoms with Crippen LogP contribution in [-0.2, 0) is 14.8 Å². The number of nitrogens with one attached hydrogen (secondary N) is 2. The van der Waals surface area contributed by atoms with Crippen molar-refractivity contribution in [1.82, 2.24) is 4.72 Å². The maximum Gasteiger partial charge on any atom is 0.240 e. The van der Waals surface area contributed by atoms with Gasteiger partial charge in [-0.2, -0.15) is 0 Å². The molecule has 0 aliphatic rings. The summed E-state index contributed by atoms with van der Waals surface area (Å²) in [6, 6.07) is 12.8. The fourth-order valence-corrected chi connectivity index (χ4v) is 3.25. The molecule has 0 saturated heterocycles. The lowest BCUT2D eigenvalue weighted by Crippen LogP contribution is -2.27. The number of sulfonamides is 1. The second kappa shape index (κ2) is 8.14. The predicted molar refractivity (Wildman–Crippen MR) is 92.9 cm³/mol. The van der Waals surface area contributed by atoms with Crippen molar-refractivity contribution in [1.29, 1.82) is 0 Å². The van der Waals surface area contributed by atoms with Crippen LogP contribution in [0.3, 0.4) is 0 Å². The average Bonchev–Trinajstić information content (AvgIpc) is 2.55. The van der Waals surface area contributed by atoms with Gasteiger partial charge in [-0.1, -0.05) is 17.7 Å². The SMILES string of the molecule is COc1ccc(NC(=O)CCNS(=O)(=O)c2cccc(Cl)c2)cc1. The first-order chi connectivity index (χ1) is 11.4. The molecule has 0 aromatic heterocycles. The van der Waals surface area contributed by atoms with E-state index in [-0.39, 0.29) is 23.8 Å². The predicted octanol–water partition coefficient (Wildman–Crippen LogP) is 2.66. The van der Waals surface area contributed by atoms with Gasteiger partial charge in [0.05, 0.1) is 12.0 Å². The average molecular weight is 369 g/mol. The van der Waals surface area contributed by atoms with Gasteiger partial charge in [-0.3, -0.25) is 4.79 Å². The molecule has 1 amide bonds. The number of amides is 1. The minimum atomic E-state index is -3.69. The Balaban J connectivity index is 1.85. The summed E-state index contributed by atoms with van der Waals surface area (Å²) in [5.41, 5.74) is 0.610. The normalized spacial score (nSPS) is 11.1. The van der Waals surface area contributed by atoms with Crippen molar-refractivity contribution in [2.75, 3.05) is 19.0 Å². The zero-order chi connectivity index (χ0) is 17.6. The molecule has 2 rings (SSSR count). The lowest BCUT2D eigenvalue weighted by Gasteiger charge is -2.08. The van der Waals surface area contributed by atoms with Crippen LogP contribution in [0.1, 0.15) is 6.42 Å². The largest absolute Gasteiger partial charge is 0.497 e. The third kappa shape index (κ3) is 5.23. The summed E-state index contributed by atoms with van der Waals surface area (Å²) in [4.78, 5) is 11.9. The second-order valence-corrected chi connectivity index (χ2v) is 7.09. The number of carbonyl (C=O) groups is 1. The molecule has 0 unspecified atom stereocenters. The van der Waals surface area contributed by atoms with Gasteiger partial charge >= 0.3 is 0 Å². The Morgan fingerprint density at radius 2 is 1.88 bits per heavy atom.